The average Bonchev–Trinajstić information content (AvgIpc) is 2.20. The molecule has 0 aromatic rings. The first-order chi connectivity index (χ1) is 7.04. The van der Waals surface area contributed by atoms with Gasteiger partial charge in [0.2, 0.25) is 0 Å². The predicted octanol–water partition coefficient (Wildman–Crippen LogP) is 3.90. The molecule has 0 fully saturated rings. The minimum absolute atomic E-state index is 0.286. The van der Waals surface area contributed by atoms with Gasteiger partial charge < -0.3 is 0 Å². The van der Waals surface area contributed by atoms with Gasteiger partial charge >= 0.3 is 0 Å². The van der Waals surface area contributed by atoms with Crippen LogP contribution in [0.15, 0.2) is 23.3 Å². The summed E-state index contributed by atoms with van der Waals surface area (Å²) in [6, 6.07) is 0. The van der Waals surface area contributed by atoms with Crippen molar-refractivity contribution in [3.05, 3.63) is 23.3 Å². The van der Waals surface area contributed by atoms with Crippen LogP contribution >= 0.6 is 0 Å². The van der Waals surface area contributed by atoms with Crippen LogP contribution in [0.4, 0.5) is 0 Å². The number of ketones is 1. The van der Waals surface area contributed by atoms with Crippen molar-refractivity contribution in [2.75, 3.05) is 0 Å². The third-order valence-corrected chi connectivity index (χ3v) is 3.34. The number of hydrogen-bond donors (Lipinski definition) is 0. The minimum atomic E-state index is 0.286. The maximum atomic E-state index is 11.5. The van der Waals surface area contributed by atoms with E-state index >= 15 is 0 Å². The van der Waals surface area contributed by atoms with Gasteiger partial charge in [0.1, 0.15) is 0 Å². The summed E-state index contributed by atoms with van der Waals surface area (Å²) in [5, 5.41) is 0. The molecule has 0 aromatic carbocycles. The highest BCUT2D eigenvalue weighted by molar-refractivity contribution is 5.94. The molecule has 0 amide bonds. The number of carbonyl (C=O) groups excluding carboxylic acids is 1. The Kier molecular flexibility index (Phi) is 4.31. The molecular formula is C14H22O. The molecule has 0 heterocycles. The number of rotatable bonds is 3. The van der Waals surface area contributed by atoms with E-state index in [1.807, 2.05) is 13.8 Å². The maximum absolute atomic E-state index is 11.5. The summed E-state index contributed by atoms with van der Waals surface area (Å²) in [5.41, 5.74) is 2.44. The summed E-state index contributed by atoms with van der Waals surface area (Å²) in [4.78, 5) is 11.5. The minimum Gasteiger partial charge on any atom is -0.295 e. The van der Waals surface area contributed by atoms with Crippen LogP contribution in [0.3, 0.4) is 0 Å². The lowest BCUT2D eigenvalue weighted by Gasteiger charge is -2.25. The number of Topliss-reactive ketones (excluding diaryl/α,β-unsaturated/α-hetero) is 1. The first kappa shape index (κ1) is 12.2. The first-order valence-electron chi connectivity index (χ1n) is 5.91. The maximum Gasteiger partial charge on any atom is 0.157 e. The van der Waals surface area contributed by atoms with Crippen molar-refractivity contribution in [1.82, 2.24) is 0 Å². The summed E-state index contributed by atoms with van der Waals surface area (Å²) >= 11 is 0. The fourth-order valence-corrected chi connectivity index (χ4v) is 2.24. The van der Waals surface area contributed by atoms with E-state index in [-0.39, 0.29) is 5.78 Å². The SMILES string of the molecule is CCC(=O)/C(C)=C/[C@@H]1CC=C(C)C[C@H]1C. The van der Waals surface area contributed by atoms with Gasteiger partial charge in [0.05, 0.1) is 0 Å². The van der Waals surface area contributed by atoms with Crippen molar-refractivity contribution in [2.45, 2.75) is 47.0 Å². The third-order valence-electron chi connectivity index (χ3n) is 3.34. The van der Waals surface area contributed by atoms with Crippen molar-refractivity contribution >= 4 is 5.78 Å². The molecule has 1 heteroatoms. The second kappa shape index (κ2) is 5.29. The van der Waals surface area contributed by atoms with E-state index in [4.69, 9.17) is 0 Å². The Bertz CT molecular complexity index is 296. The van der Waals surface area contributed by atoms with Crippen LogP contribution in [-0.2, 0) is 4.79 Å². The molecule has 84 valence electrons. The molecule has 15 heavy (non-hydrogen) atoms. The molecule has 0 saturated heterocycles. The molecule has 1 rings (SSSR count). The highest BCUT2D eigenvalue weighted by atomic mass is 16.1. The van der Waals surface area contributed by atoms with E-state index in [0.717, 1.165) is 12.0 Å². The van der Waals surface area contributed by atoms with Crippen LogP contribution in [0.1, 0.15) is 47.0 Å². The standard InChI is InChI=1S/C14H22O/c1-5-14(15)12(4)9-13-7-6-10(2)8-11(13)3/h6,9,11,13H,5,7-8H2,1-4H3/b12-9+/t11-,13+/m1/s1. The van der Waals surface area contributed by atoms with Gasteiger partial charge in [-0.1, -0.05) is 31.6 Å². The van der Waals surface area contributed by atoms with Gasteiger partial charge in [0.25, 0.3) is 0 Å². The number of hydrogen-bond acceptors (Lipinski definition) is 1. The molecule has 1 aliphatic carbocycles. The van der Waals surface area contributed by atoms with Gasteiger partial charge in [0, 0.05) is 6.42 Å². The Balaban J connectivity index is 2.70. The predicted molar refractivity (Wildman–Crippen MR) is 64.7 cm³/mol. The smallest absolute Gasteiger partial charge is 0.157 e. The molecule has 1 nitrogen and oxygen atoms in total. The molecule has 0 radical (unpaired) electrons. The first-order valence-corrected chi connectivity index (χ1v) is 5.91. The highest BCUT2D eigenvalue weighted by Gasteiger charge is 2.19. The van der Waals surface area contributed by atoms with Gasteiger partial charge in [-0.25, -0.2) is 0 Å². The number of allylic oxidation sites excluding steroid dienone is 4. The third kappa shape index (κ3) is 3.33. The van der Waals surface area contributed by atoms with Gasteiger partial charge in [-0.2, -0.15) is 0 Å². The second-order valence-corrected chi connectivity index (χ2v) is 4.76. The van der Waals surface area contributed by atoms with Crippen LogP contribution in [0.25, 0.3) is 0 Å². The fraction of sp³-hybridized carbons (Fsp3) is 0.643. The van der Waals surface area contributed by atoms with Crippen LogP contribution < -0.4 is 0 Å². The van der Waals surface area contributed by atoms with Crippen molar-refractivity contribution in [1.29, 1.82) is 0 Å². The molecule has 0 aromatic heterocycles. The average molecular weight is 206 g/mol. The Morgan fingerprint density at radius 2 is 2.27 bits per heavy atom. The topological polar surface area (TPSA) is 17.1 Å². The van der Waals surface area contributed by atoms with Gasteiger partial charge in [-0.05, 0) is 44.1 Å². The molecule has 0 aliphatic heterocycles. The molecule has 0 N–H and O–H groups in total. The molecular weight excluding hydrogens is 184 g/mol. The summed E-state index contributed by atoms with van der Waals surface area (Å²) in [7, 11) is 0. The Morgan fingerprint density at radius 3 is 2.80 bits per heavy atom. The zero-order chi connectivity index (χ0) is 11.4. The van der Waals surface area contributed by atoms with E-state index in [0.29, 0.717) is 18.3 Å². The second-order valence-electron chi connectivity index (χ2n) is 4.76. The quantitative estimate of drug-likeness (QED) is 0.505. The Hall–Kier alpha value is -0.850. The Morgan fingerprint density at radius 1 is 1.60 bits per heavy atom. The van der Waals surface area contributed by atoms with Crippen molar-refractivity contribution < 1.29 is 4.79 Å². The Labute approximate surface area is 93.3 Å². The number of carbonyl (C=O) groups is 1. The highest BCUT2D eigenvalue weighted by Crippen LogP contribution is 2.30. The van der Waals surface area contributed by atoms with Crippen molar-refractivity contribution in [3.63, 3.8) is 0 Å². The van der Waals surface area contributed by atoms with Gasteiger partial charge in [0.15, 0.2) is 5.78 Å². The van der Waals surface area contributed by atoms with E-state index in [1.54, 1.807) is 0 Å². The molecule has 0 spiro atoms. The summed E-state index contributed by atoms with van der Waals surface area (Å²) in [6.45, 7) is 8.35. The lowest BCUT2D eigenvalue weighted by Crippen LogP contribution is -2.14. The van der Waals surface area contributed by atoms with E-state index in [9.17, 15) is 4.79 Å². The molecule has 0 saturated carbocycles. The lowest BCUT2D eigenvalue weighted by molar-refractivity contribution is -0.115. The normalized spacial score (nSPS) is 27.5. The van der Waals surface area contributed by atoms with Gasteiger partial charge in [-0.15, -0.1) is 0 Å². The van der Waals surface area contributed by atoms with Crippen LogP contribution in [0.5, 0.6) is 0 Å². The van der Waals surface area contributed by atoms with E-state index in [2.05, 4.69) is 26.0 Å². The van der Waals surface area contributed by atoms with Crippen LogP contribution in [0.2, 0.25) is 0 Å². The molecule has 2 atom stereocenters. The molecule has 0 bridgehead atoms. The molecule has 0 unspecified atom stereocenters. The summed E-state index contributed by atoms with van der Waals surface area (Å²) in [6.07, 6.45) is 7.39. The lowest BCUT2D eigenvalue weighted by atomic mass is 9.80. The summed E-state index contributed by atoms with van der Waals surface area (Å²) in [5.74, 6) is 1.52. The van der Waals surface area contributed by atoms with Crippen molar-refractivity contribution in [3.8, 4) is 0 Å². The summed E-state index contributed by atoms with van der Waals surface area (Å²) < 4.78 is 0. The zero-order valence-corrected chi connectivity index (χ0v) is 10.3. The van der Waals surface area contributed by atoms with Gasteiger partial charge in [-0.3, -0.25) is 4.79 Å². The van der Waals surface area contributed by atoms with E-state index in [1.165, 1.54) is 12.0 Å². The van der Waals surface area contributed by atoms with Crippen molar-refractivity contribution in [2.24, 2.45) is 11.8 Å². The van der Waals surface area contributed by atoms with Crippen LogP contribution in [0, 0.1) is 11.8 Å². The zero-order valence-electron chi connectivity index (χ0n) is 10.3. The monoisotopic (exact) mass is 206 g/mol. The van der Waals surface area contributed by atoms with Crippen LogP contribution in [-0.4, -0.2) is 5.78 Å². The largest absolute Gasteiger partial charge is 0.295 e. The fourth-order valence-electron chi connectivity index (χ4n) is 2.24. The molecule has 1 aliphatic rings. The van der Waals surface area contributed by atoms with E-state index < -0.39 is 0 Å².